The Balaban J connectivity index is 2.56. The third kappa shape index (κ3) is 4.33. The van der Waals surface area contributed by atoms with Gasteiger partial charge in [0, 0.05) is 0 Å². The van der Waals surface area contributed by atoms with Gasteiger partial charge >= 0.3 is 0 Å². The fourth-order valence-electron chi connectivity index (χ4n) is 1.38. The van der Waals surface area contributed by atoms with E-state index in [9.17, 15) is 0 Å². The number of hydroxylamine groups is 1. The first-order valence-corrected chi connectivity index (χ1v) is 5.94. The molecule has 2 nitrogen and oxygen atoms in total. The fraction of sp³-hybridized carbons (Fsp3) is 0.571. The molecule has 0 saturated carbocycles. The van der Waals surface area contributed by atoms with Gasteiger partial charge < -0.3 is 0 Å². The van der Waals surface area contributed by atoms with Crippen LogP contribution in [-0.2, 0) is 11.3 Å². The standard InChI is InChI=1S/C14H23NO/c1-6-12-7-9-13(10-8-12)11(2)15-16-14(3,4)5/h7-11,15H,6H2,1-5H3. The summed E-state index contributed by atoms with van der Waals surface area (Å²) in [6.07, 6.45) is 1.08. The smallest absolute Gasteiger partial charge is 0.0813 e. The van der Waals surface area contributed by atoms with Crippen molar-refractivity contribution < 1.29 is 4.84 Å². The Morgan fingerprint density at radius 1 is 1.19 bits per heavy atom. The Morgan fingerprint density at radius 3 is 2.19 bits per heavy atom. The molecule has 0 aliphatic heterocycles. The molecule has 1 aromatic carbocycles. The molecule has 0 fully saturated rings. The second-order valence-electron chi connectivity index (χ2n) is 5.15. The number of hydrogen-bond donors (Lipinski definition) is 1. The van der Waals surface area contributed by atoms with Crippen molar-refractivity contribution >= 4 is 0 Å². The minimum atomic E-state index is -0.155. The van der Waals surface area contributed by atoms with E-state index in [0.717, 1.165) is 6.42 Å². The predicted molar refractivity (Wildman–Crippen MR) is 68.2 cm³/mol. The van der Waals surface area contributed by atoms with Crippen molar-refractivity contribution in [3.63, 3.8) is 0 Å². The Bertz CT molecular complexity index is 311. The van der Waals surface area contributed by atoms with E-state index >= 15 is 0 Å². The first-order chi connectivity index (χ1) is 7.42. The maximum absolute atomic E-state index is 5.55. The monoisotopic (exact) mass is 221 g/mol. The molecule has 2 heteroatoms. The zero-order valence-corrected chi connectivity index (χ0v) is 11.0. The van der Waals surface area contributed by atoms with Crippen molar-refractivity contribution in [2.24, 2.45) is 0 Å². The van der Waals surface area contributed by atoms with E-state index in [-0.39, 0.29) is 11.6 Å². The van der Waals surface area contributed by atoms with E-state index in [2.05, 4.69) is 43.6 Å². The molecule has 0 aliphatic carbocycles. The Hall–Kier alpha value is -0.860. The highest BCUT2D eigenvalue weighted by atomic mass is 16.7. The van der Waals surface area contributed by atoms with Gasteiger partial charge in [-0.2, -0.15) is 5.48 Å². The van der Waals surface area contributed by atoms with Crippen molar-refractivity contribution in [1.29, 1.82) is 0 Å². The fourth-order valence-corrected chi connectivity index (χ4v) is 1.38. The third-order valence-corrected chi connectivity index (χ3v) is 2.43. The van der Waals surface area contributed by atoms with Crippen LogP contribution >= 0.6 is 0 Å². The number of hydrogen-bond acceptors (Lipinski definition) is 2. The Morgan fingerprint density at radius 2 is 1.75 bits per heavy atom. The van der Waals surface area contributed by atoms with E-state index in [0.29, 0.717) is 0 Å². The lowest BCUT2D eigenvalue weighted by Crippen LogP contribution is -2.30. The molecule has 1 atom stereocenters. The summed E-state index contributed by atoms with van der Waals surface area (Å²) in [5.74, 6) is 0. The van der Waals surface area contributed by atoms with Crippen LogP contribution in [0, 0.1) is 0 Å². The topological polar surface area (TPSA) is 21.3 Å². The number of rotatable bonds is 4. The van der Waals surface area contributed by atoms with E-state index in [4.69, 9.17) is 4.84 Å². The van der Waals surface area contributed by atoms with Gasteiger partial charge in [-0.15, -0.1) is 0 Å². The maximum atomic E-state index is 5.55. The van der Waals surface area contributed by atoms with Gasteiger partial charge in [-0.05, 0) is 45.2 Å². The Kier molecular flexibility index (Phi) is 4.51. The third-order valence-electron chi connectivity index (χ3n) is 2.43. The van der Waals surface area contributed by atoms with Crippen molar-refractivity contribution in [3.05, 3.63) is 35.4 Å². The minimum absolute atomic E-state index is 0.155. The van der Waals surface area contributed by atoms with Gasteiger partial charge in [0.1, 0.15) is 0 Å². The highest BCUT2D eigenvalue weighted by molar-refractivity contribution is 5.24. The van der Waals surface area contributed by atoms with E-state index < -0.39 is 0 Å². The summed E-state index contributed by atoms with van der Waals surface area (Å²) < 4.78 is 0. The van der Waals surface area contributed by atoms with Crippen LogP contribution < -0.4 is 5.48 Å². The molecule has 1 rings (SSSR count). The van der Waals surface area contributed by atoms with Gasteiger partial charge in [-0.25, -0.2) is 0 Å². The van der Waals surface area contributed by atoms with Crippen molar-refractivity contribution in [2.45, 2.75) is 52.7 Å². The summed E-state index contributed by atoms with van der Waals surface area (Å²) in [6, 6.07) is 8.87. The van der Waals surface area contributed by atoms with Gasteiger partial charge in [0.2, 0.25) is 0 Å². The summed E-state index contributed by atoms with van der Waals surface area (Å²) in [5, 5.41) is 0. The molecular weight excluding hydrogens is 198 g/mol. The van der Waals surface area contributed by atoms with Gasteiger partial charge in [0.15, 0.2) is 0 Å². The molecule has 0 heterocycles. The summed E-state index contributed by atoms with van der Waals surface area (Å²) in [4.78, 5) is 5.55. The SMILES string of the molecule is CCc1ccc(C(C)NOC(C)(C)C)cc1. The summed E-state index contributed by atoms with van der Waals surface area (Å²) in [5.41, 5.74) is 5.54. The summed E-state index contributed by atoms with van der Waals surface area (Å²) in [7, 11) is 0. The molecule has 0 spiro atoms. The van der Waals surface area contributed by atoms with Crippen LogP contribution in [0.1, 0.15) is 51.8 Å². The van der Waals surface area contributed by atoms with Gasteiger partial charge in [-0.3, -0.25) is 4.84 Å². The van der Waals surface area contributed by atoms with Gasteiger partial charge in [0.05, 0.1) is 11.6 Å². The van der Waals surface area contributed by atoms with Crippen molar-refractivity contribution in [1.82, 2.24) is 5.48 Å². The summed E-state index contributed by atoms with van der Waals surface area (Å²) in [6.45, 7) is 10.4. The zero-order valence-electron chi connectivity index (χ0n) is 11.0. The molecule has 90 valence electrons. The average Bonchev–Trinajstić information content (AvgIpc) is 2.25. The van der Waals surface area contributed by atoms with Crippen LogP contribution in [0.3, 0.4) is 0 Å². The van der Waals surface area contributed by atoms with Crippen molar-refractivity contribution in [2.75, 3.05) is 0 Å². The van der Waals surface area contributed by atoms with E-state index in [1.807, 2.05) is 20.8 Å². The van der Waals surface area contributed by atoms with E-state index in [1.54, 1.807) is 0 Å². The van der Waals surface area contributed by atoms with Crippen LogP contribution in [0.5, 0.6) is 0 Å². The first kappa shape index (κ1) is 13.2. The zero-order chi connectivity index (χ0) is 12.2. The molecule has 1 aromatic rings. The van der Waals surface area contributed by atoms with Gasteiger partial charge in [-0.1, -0.05) is 31.2 Å². The average molecular weight is 221 g/mol. The normalized spacial score (nSPS) is 13.8. The lowest BCUT2D eigenvalue weighted by Gasteiger charge is -2.23. The van der Waals surface area contributed by atoms with Crippen LogP contribution in [-0.4, -0.2) is 5.60 Å². The molecule has 0 saturated heterocycles. The van der Waals surface area contributed by atoms with Crippen LogP contribution in [0.2, 0.25) is 0 Å². The summed E-state index contributed by atoms with van der Waals surface area (Å²) >= 11 is 0. The largest absolute Gasteiger partial charge is 0.296 e. The van der Waals surface area contributed by atoms with Crippen LogP contribution in [0.25, 0.3) is 0 Å². The number of benzene rings is 1. The number of aryl methyl sites for hydroxylation is 1. The molecule has 0 aliphatic rings. The van der Waals surface area contributed by atoms with Crippen LogP contribution in [0.15, 0.2) is 24.3 Å². The lowest BCUT2D eigenvalue weighted by atomic mass is 10.1. The molecule has 0 bridgehead atoms. The lowest BCUT2D eigenvalue weighted by molar-refractivity contribution is -0.0866. The van der Waals surface area contributed by atoms with Crippen LogP contribution in [0.4, 0.5) is 0 Å². The predicted octanol–water partition coefficient (Wildman–Crippen LogP) is 3.63. The van der Waals surface area contributed by atoms with E-state index in [1.165, 1.54) is 11.1 Å². The quantitative estimate of drug-likeness (QED) is 0.784. The molecule has 1 unspecified atom stereocenters. The van der Waals surface area contributed by atoms with Gasteiger partial charge in [0.25, 0.3) is 0 Å². The maximum Gasteiger partial charge on any atom is 0.0813 e. The molecular formula is C14H23NO. The van der Waals surface area contributed by atoms with Crippen molar-refractivity contribution in [3.8, 4) is 0 Å². The molecule has 0 amide bonds. The minimum Gasteiger partial charge on any atom is -0.296 e. The molecule has 1 N–H and O–H groups in total. The second kappa shape index (κ2) is 5.46. The number of nitrogens with one attached hydrogen (secondary N) is 1. The highest BCUT2D eigenvalue weighted by Crippen LogP contribution is 2.15. The molecule has 16 heavy (non-hydrogen) atoms. The molecule has 0 aromatic heterocycles. The highest BCUT2D eigenvalue weighted by Gasteiger charge is 2.13. The first-order valence-electron chi connectivity index (χ1n) is 5.94. The Labute approximate surface area is 99.0 Å². The second-order valence-corrected chi connectivity index (χ2v) is 5.15. The molecule has 0 radical (unpaired) electrons.